The average Bonchev–Trinajstić information content (AvgIpc) is 2.59. The van der Waals surface area contributed by atoms with E-state index >= 15 is 0 Å². The second kappa shape index (κ2) is 7.22. The predicted octanol–water partition coefficient (Wildman–Crippen LogP) is 4.53. The molecule has 0 radical (unpaired) electrons. The molecule has 0 spiro atoms. The molecule has 1 atom stereocenters. The molecule has 4 nitrogen and oxygen atoms in total. The van der Waals surface area contributed by atoms with E-state index < -0.39 is 0 Å². The van der Waals surface area contributed by atoms with Crippen molar-refractivity contribution >= 4 is 22.6 Å². The molecule has 0 bridgehead atoms. The Kier molecular flexibility index (Phi) is 5.17. The number of ether oxygens (including phenoxy) is 1. The van der Waals surface area contributed by atoms with Crippen molar-refractivity contribution in [1.29, 1.82) is 0 Å². The molecule has 3 aromatic rings. The maximum Gasteiger partial charge on any atom is 0.273 e. The fraction of sp³-hybridized carbons (Fsp3) is 0.333. The Hall–Kier alpha value is -2.17. The number of rotatable bonds is 4. The van der Waals surface area contributed by atoms with E-state index in [0.717, 1.165) is 16.6 Å². The highest BCUT2D eigenvalue weighted by molar-refractivity contribution is 6.31. The monoisotopic (exact) mass is 370 g/mol. The summed E-state index contributed by atoms with van der Waals surface area (Å²) in [7, 11) is 1.77. The van der Waals surface area contributed by atoms with Gasteiger partial charge >= 0.3 is 0 Å². The maximum absolute atomic E-state index is 13.0. The molecular formula is C21H23ClN2O2. The number of aryl methyl sites for hydroxylation is 1. The van der Waals surface area contributed by atoms with Crippen molar-refractivity contribution in [2.75, 3.05) is 6.61 Å². The molecule has 0 amide bonds. The second-order valence-corrected chi connectivity index (χ2v) is 7.75. The zero-order valence-electron chi connectivity index (χ0n) is 15.5. The molecule has 26 heavy (non-hydrogen) atoms. The van der Waals surface area contributed by atoms with Gasteiger partial charge in [0.25, 0.3) is 5.56 Å². The Morgan fingerprint density at radius 2 is 1.77 bits per heavy atom. The van der Waals surface area contributed by atoms with E-state index in [0.29, 0.717) is 17.3 Å². The molecule has 0 saturated heterocycles. The van der Waals surface area contributed by atoms with Gasteiger partial charge in [-0.3, -0.25) is 4.79 Å². The van der Waals surface area contributed by atoms with E-state index in [4.69, 9.17) is 16.3 Å². The minimum absolute atomic E-state index is 0.133. The van der Waals surface area contributed by atoms with Crippen LogP contribution in [0.15, 0.2) is 53.3 Å². The van der Waals surface area contributed by atoms with E-state index in [1.54, 1.807) is 11.6 Å². The highest BCUT2D eigenvalue weighted by Crippen LogP contribution is 2.30. The van der Waals surface area contributed by atoms with Crippen LogP contribution in [-0.2, 0) is 11.8 Å². The normalized spacial score (nSPS) is 13.1. The standard InChI is InChI=1S/C21H23ClN2O2/c1-21(2,3)26-13-15(14-9-5-6-10-16(14)22)19-20(25)24(4)18-12-8-7-11-17(18)23-19/h5-12,15H,13H2,1-4H3. The van der Waals surface area contributed by atoms with Crippen molar-refractivity contribution in [2.45, 2.75) is 32.3 Å². The van der Waals surface area contributed by atoms with Crippen LogP contribution in [0.2, 0.25) is 5.02 Å². The Morgan fingerprint density at radius 3 is 2.46 bits per heavy atom. The van der Waals surface area contributed by atoms with Crippen LogP contribution in [0, 0.1) is 0 Å². The van der Waals surface area contributed by atoms with Crippen LogP contribution in [-0.4, -0.2) is 21.8 Å². The molecular weight excluding hydrogens is 348 g/mol. The van der Waals surface area contributed by atoms with Gasteiger partial charge in [0.05, 0.1) is 29.2 Å². The first-order chi connectivity index (χ1) is 12.3. The number of fused-ring (bicyclic) bond motifs is 1. The summed E-state index contributed by atoms with van der Waals surface area (Å²) in [6.45, 7) is 6.29. The molecule has 3 rings (SSSR count). The minimum Gasteiger partial charge on any atom is -0.375 e. The lowest BCUT2D eigenvalue weighted by atomic mass is 9.95. The van der Waals surface area contributed by atoms with Crippen LogP contribution < -0.4 is 5.56 Å². The summed E-state index contributed by atoms with van der Waals surface area (Å²) in [6, 6.07) is 15.2. The molecule has 0 aliphatic carbocycles. The van der Waals surface area contributed by atoms with Gasteiger partial charge in [0, 0.05) is 12.1 Å². The molecule has 2 aromatic carbocycles. The van der Waals surface area contributed by atoms with Gasteiger partial charge in [-0.25, -0.2) is 4.98 Å². The van der Waals surface area contributed by atoms with Gasteiger partial charge < -0.3 is 9.30 Å². The number of hydrogen-bond acceptors (Lipinski definition) is 3. The Morgan fingerprint density at radius 1 is 1.12 bits per heavy atom. The van der Waals surface area contributed by atoms with Gasteiger partial charge in [-0.2, -0.15) is 0 Å². The molecule has 0 aliphatic heterocycles. The third-order valence-corrected chi connectivity index (χ3v) is 4.65. The van der Waals surface area contributed by atoms with Crippen LogP contribution in [0.3, 0.4) is 0 Å². The Labute approximate surface area is 158 Å². The van der Waals surface area contributed by atoms with Gasteiger partial charge in [-0.1, -0.05) is 41.9 Å². The van der Waals surface area contributed by atoms with E-state index in [9.17, 15) is 4.79 Å². The quantitative estimate of drug-likeness (QED) is 0.677. The number of para-hydroxylation sites is 2. The van der Waals surface area contributed by atoms with Crippen LogP contribution in [0.25, 0.3) is 11.0 Å². The van der Waals surface area contributed by atoms with Gasteiger partial charge in [0.15, 0.2) is 0 Å². The van der Waals surface area contributed by atoms with Crippen LogP contribution in [0.4, 0.5) is 0 Å². The van der Waals surface area contributed by atoms with Crippen LogP contribution in [0.1, 0.15) is 37.9 Å². The maximum atomic E-state index is 13.0. The lowest BCUT2D eigenvalue weighted by Gasteiger charge is -2.25. The smallest absolute Gasteiger partial charge is 0.273 e. The summed E-state index contributed by atoms with van der Waals surface area (Å²) in [5.74, 6) is -0.341. The third kappa shape index (κ3) is 3.81. The van der Waals surface area contributed by atoms with Crippen molar-refractivity contribution in [2.24, 2.45) is 7.05 Å². The predicted molar refractivity (Wildman–Crippen MR) is 106 cm³/mol. The molecule has 5 heteroatoms. The first-order valence-corrected chi connectivity index (χ1v) is 9.00. The van der Waals surface area contributed by atoms with Crippen molar-refractivity contribution in [3.63, 3.8) is 0 Å². The van der Waals surface area contributed by atoms with E-state index in [2.05, 4.69) is 4.98 Å². The van der Waals surface area contributed by atoms with Gasteiger partial charge in [0.2, 0.25) is 0 Å². The Balaban J connectivity index is 2.19. The zero-order valence-corrected chi connectivity index (χ0v) is 16.2. The number of aromatic nitrogens is 2. The molecule has 1 heterocycles. The molecule has 0 aliphatic rings. The summed E-state index contributed by atoms with van der Waals surface area (Å²) in [5.41, 5.74) is 2.41. The average molecular weight is 371 g/mol. The number of benzene rings is 2. The minimum atomic E-state index is -0.341. The highest BCUT2D eigenvalue weighted by atomic mass is 35.5. The number of hydrogen-bond donors (Lipinski definition) is 0. The lowest BCUT2D eigenvalue weighted by Crippen LogP contribution is -2.30. The van der Waals surface area contributed by atoms with Gasteiger partial charge in [0.1, 0.15) is 5.69 Å². The number of nitrogens with zero attached hydrogens (tertiary/aromatic N) is 2. The Bertz CT molecular complexity index is 989. The van der Waals surface area contributed by atoms with E-state index in [1.165, 1.54) is 0 Å². The van der Waals surface area contributed by atoms with E-state index in [1.807, 2.05) is 69.3 Å². The SMILES string of the molecule is Cn1c(=O)c(C(COC(C)(C)C)c2ccccc2Cl)nc2ccccc21. The third-order valence-electron chi connectivity index (χ3n) is 4.30. The zero-order chi connectivity index (χ0) is 18.9. The summed E-state index contributed by atoms with van der Waals surface area (Å²) in [6.07, 6.45) is 0. The molecule has 0 N–H and O–H groups in total. The summed E-state index contributed by atoms with van der Waals surface area (Å²) >= 11 is 6.44. The summed E-state index contributed by atoms with van der Waals surface area (Å²) < 4.78 is 7.65. The summed E-state index contributed by atoms with van der Waals surface area (Å²) in [5, 5.41) is 0.604. The lowest BCUT2D eigenvalue weighted by molar-refractivity contribution is -0.00715. The first-order valence-electron chi connectivity index (χ1n) is 8.62. The second-order valence-electron chi connectivity index (χ2n) is 7.35. The van der Waals surface area contributed by atoms with Crippen LogP contribution in [0.5, 0.6) is 0 Å². The first kappa shape index (κ1) is 18.6. The van der Waals surface area contributed by atoms with Crippen LogP contribution >= 0.6 is 11.6 Å². The van der Waals surface area contributed by atoms with E-state index in [-0.39, 0.29) is 17.1 Å². The molecule has 1 aromatic heterocycles. The number of halogens is 1. The van der Waals surface area contributed by atoms with Crippen molar-refractivity contribution in [3.05, 3.63) is 75.2 Å². The fourth-order valence-corrected chi connectivity index (χ4v) is 3.20. The topological polar surface area (TPSA) is 44.1 Å². The van der Waals surface area contributed by atoms with Gasteiger partial charge in [-0.15, -0.1) is 0 Å². The molecule has 0 fully saturated rings. The van der Waals surface area contributed by atoms with Crippen molar-refractivity contribution in [3.8, 4) is 0 Å². The van der Waals surface area contributed by atoms with Crippen molar-refractivity contribution in [1.82, 2.24) is 9.55 Å². The van der Waals surface area contributed by atoms with Crippen molar-refractivity contribution < 1.29 is 4.74 Å². The molecule has 0 saturated carbocycles. The summed E-state index contributed by atoms with van der Waals surface area (Å²) in [4.78, 5) is 17.7. The molecule has 1 unspecified atom stereocenters. The highest BCUT2D eigenvalue weighted by Gasteiger charge is 2.25. The fourth-order valence-electron chi connectivity index (χ4n) is 2.94. The largest absolute Gasteiger partial charge is 0.375 e. The molecule has 136 valence electrons. The van der Waals surface area contributed by atoms with Gasteiger partial charge in [-0.05, 0) is 44.5 Å².